The number of nitrogens with zero attached hydrogens (tertiary/aromatic N) is 3. The van der Waals surface area contributed by atoms with Crippen LogP contribution in [-0.2, 0) is 6.42 Å². The number of amides is 1. The second-order valence-electron chi connectivity index (χ2n) is 5.18. The predicted molar refractivity (Wildman–Crippen MR) is 80.0 cm³/mol. The Morgan fingerprint density at radius 2 is 2.19 bits per heavy atom. The first-order chi connectivity index (χ1) is 10.0. The number of aromatic amines is 1. The molecule has 0 aromatic carbocycles. The number of aryl methyl sites for hydroxylation is 3. The largest absolute Gasteiger partial charge is 0.345 e. The average Bonchev–Trinajstić information content (AvgIpc) is 2.79. The van der Waals surface area contributed by atoms with E-state index in [1.54, 1.807) is 6.20 Å². The molecule has 0 bridgehead atoms. The van der Waals surface area contributed by atoms with Gasteiger partial charge < -0.3 is 5.32 Å². The molecule has 0 aliphatic carbocycles. The molecular formula is C15H21N5O. The van der Waals surface area contributed by atoms with Crippen LogP contribution in [0, 0.1) is 13.8 Å². The van der Waals surface area contributed by atoms with E-state index in [1.807, 2.05) is 20.8 Å². The maximum Gasteiger partial charge on any atom is 0.255 e. The van der Waals surface area contributed by atoms with Gasteiger partial charge in [0.2, 0.25) is 0 Å². The SMILES string of the molecule is CCCc1ncncc1C(=O)N[C@H](C)c1c(C)n[nH]c1C. The third-order valence-corrected chi connectivity index (χ3v) is 3.49. The molecule has 2 aromatic heterocycles. The van der Waals surface area contributed by atoms with Gasteiger partial charge in [0, 0.05) is 17.5 Å². The number of hydrogen-bond donors (Lipinski definition) is 2. The van der Waals surface area contributed by atoms with Gasteiger partial charge in [-0.15, -0.1) is 0 Å². The molecule has 1 amide bonds. The van der Waals surface area contributed by atoms with Crippen LogP contribution in [0.5, 0.6) is 0 Å². The highest BCUT2D eigenvalue weighted by Gasteiger charge is 2.19. The molecule has 0 aliphatic heterocycles. The maximum absolute atomic E-state index is 12.4. The predicted octanol–water partition coefficient (Wildman–Crippen LogP) is 2.26. The number of nitrogens with one attached hydrogen (secondary N) is 2. The Labute approximate surface area is 124 Å². The number of aromatic nitrogens is 4. The minimum atomic E-state index is -0.147. The molecule has 6 nitrogen and oxygen atoms in total. The average molecular weight is 287 g/mol. The van der Waals surface area contributed by atoms with Crippen LogP contribution < -0.4 is 5.32 Å². The Morgan fingerprint density at radius 1 is 1.43 bits per heavy atom. The Kier molecular flexibility index (Phi) is 4.67. The number of carbonyl (C=O) groups excluding carboxylic acids is 1. The van der Waals surface area contributed by atoms with Crippen LogP contribution in [0.1, 0.15) is 59.3 Å². The van der Waals surface area contributed by atoms with Crippen LogP contribution in [0.2, 0.25) is 0 Å². The summed E-state index contributed by atoms with van der Waals surface area (Å²) >= 11 is 0. The second kappa shape index (κ2) is 6.47. The van der Waals surface area contributed by atoms with Gasteiger partial charge in [0.05, 0.1) is 23.0 Å². The molecule has 0 saturated carbocycles. The van der Waals surface area contributed by atoms with Crippen LogP contribution in [0.4, 0.5) is 0 Å². The molecule has 1 atom stereocenters. The van der Waals surface area contributed by atoms with E-state index in [0.29, 0.717) is 5.56 Å². The van der Waals surface area contributed by atoms with E-state index in [1.165, 1.54) is 6.33 Å². The lowest BCUT2D eigenvalue weighted by Crippen LogP contribution is -2.28. The number of H-pyrrole nitrogens is 1. The highest BCUT2D eigenvalue weighted by Crippen LogP contribution is 2.19. The summed E-state index contributed by atoms with van der Waals surface area (Å²) < 4.78 is 0. The lowest BCUT2D eigenvalue weighted by Gasteiger charge is -2.15. The lowest BCUT2D eigenvalue weighted by atomic mass is 10.1. The summed E-state index contributed by atoms with van der Waals surface area (Å²) in [5.74, 6) is -0.147. The van der Waals surface area contributed by atoms with Crippen molar-refractivity contribution < 1.29 is 4.79 Å². The van der Waals surface area contributed by atoms with Crippen molar-refractivity contribution in [2.45, 2.75) is 46.6 Å². The van der Waals surface area contributed by atoms with Gasteiger partial charge in [-0.1, -0.05) is 13.3 Å². The second-order valence-corrected chi connectivity index (χ2v) is 5.18. The summed E-state index contributed by atoms with van der Waals surface area (Å²) in [6, 6.07) is -0.120. The molecule has 0 aliphatic rings. The van der Waals surface area contributed by atoms with Crippen molar-refractivity contribution in [3.63, 3.8) is 0 Å². The van der Waals surface area contributed by atoms with E-state index in [4.69, 9.17) is 0 Å². The molecule has 2 heterocycles. The number of rotatable bonds is 5. The Bertz CT molecular complexity index is 615. The standard InChI is InChI=1S/C15H21N5O/c1-5-6-13-12(7-16-8-17-13)15(21)18-9(2)14-10(3)19-20-11(14)4/h7-9H,5-6H2,1-4H3,(H,18,21)(H,19,20)/t9-/m1/s1. The minimum Gasteiger partial charge on any atom is -0.345 e. The summed E-state index contributed by atoms with van der Waals surface area (Å²) in [6.45, 7) is 7.89. The highest BCUT2D eigenvalue weighted by molar-refractivity contribution is 5.95. The van der Waals surface area contributed by atoms with Gasteiger partial charge in [-0.3, -0.25) is 9.89 Å². The van der Waals surface area contributed by atoms with E-state index >= 15 is 0 Å². The lowest BCUT2D eigenvalue weighted by molar-refractivity contribution is 0.0938. The molecule has 2 aromatic rings. The molecule has 21 heavy (non-hydrogen) atoms. The van der Waals surface area contributed by atoms with Crippen molar-refractivity contribution in [1.29, 1.82) is 0 Å². The third-order valence-electron chi connectivity index (χ3n) is 3.49. The van der Waals surface area contributed by atoms with Gasteiger partial charge in [0.1, 0.15) is 6.33 Å². The third kappa shape index (κ3) is 3.26. The zero-order valence-corrected chi connectivity index (χ0v) is 12.9. The molecule has 2 N–H and O–H groups in total. The van der Waals surface area contributed by atoms with Crippen molar-refractivity contribution in [3.05, 3.63) is 40.7 Å². The summed E-state index contributed by atoms with van der Waals surface area (Å²) in [5, 5.41) is 10.1. The first-order valence-corrected chi connectivity index (χ1v) is 7.15. The quantitative estimate of drug-likeness (QED) is 0.883. The fraction of sp³-hybridized carbons (Fsp3) is 0.467. The summed E-state index contributed by atoms with van der Waals surface area (Å²) in [4.78, 5) is 20.6. The smallest absolute Gasteiger partial charge is 0.255 e. The minimum absolute atomic E-state index is 0.120. The monoisotopic (exact) mass is 287 g/mol. The Morgan fingerprint density at radius 3 is 2.81 bits per heavy atom. The molecule has 0 saturated heterocycles. The van der Waals surface area contributed by atoms with Gasteiger partial charge in [-0.25, -0.2) is 9.97 Å². The van der Waals surface area contributed by atoms with Crippen molar-refractivity contribution in [1.82, 2.24) is 25.5 Å². The van der Waals surface area contributed by atoms with Crippen molar-refractivity contribution >= 4 is 5.91 Å². The van der Waals surface area contributed by atoms with Gasteiger partial charge >= 0.3 is 0 Å². The molecule has 0 fully saturated rings. The fourth-order valence-corrected chi connectivity index (χ4v) is 2.52. The van der Waals surface area contributed by atoms with E-state index in [-0.39, 0.29) is 11.9 Å². The van der Waals surface area contributed by atoms with Crippen LogP contribution in [0.15, 0.2) is 12.5 Å². The highest BCUT2D eigenvalue weighted by atomic mass is 16.1. The van der Waals surface area contributed by atoms with Gasteiger partial charge in [0.25, 0.3) is 5.91 Å². The van der Waals surface area contributed by atoms with Crippen LogP contribution in [0.25, 0.3) is 0 Å². The first-order valence-electron chi connectivity index (χ1n) is 7.15. The molecule has 0 radical (unpaired) electrons. The Hall–Kier alpha value is -2.24. The fourth-order valence-electron chi connectivity index (χ4n) is 2.52. The summed E-state index contributed by atoms with van der Waals surface area (Å²) in [5.41, 5.74) is 4.23. The number of hydrogen-bond acceptors (Lipinski definition) is 4. The molecule has 2 rings (SSSR count). The Balaban J connectivity index is 2.18. The molecule has 0 unspecified atom stereocenters. The maximum atomic E-state index is 12.4. The molecular weight excluding hydrogens is 266 g/mol. The summed E-state index contributed by atoms with van der Waals surface area (Å²) in [6.07, 6.45) is 4.76. The topological polar surface area (TPSA) is 83.6 Å². The number of carbonyl (C=O) groups is 1. The molecule has 112 valence electrons. The van der Waals surface area contributed by atoms with Crippen LogP contribution in [0.3, 0.4) is 0 Å². The van der Waals surface area contributed by atoms with Crippen molar-refractivity contribution in [2.24, 2.45) is 0 Å². The van der Waals surface area contributed by atoms with Crippen molar-refractivity contribution in [2.75, 3.05) is 0 Å². The van der Waals surface area contributed by atoms with E-state index in [0.717, 1.165) is 35.5 Å². The van der Waals surface area contributed by atoms with E-state index < -0.39 is 0 Å². The molecule has 0 spiro atoms. The van der Waals surface area contributed by atoms with Crippen LogP contribution in [-0.4, -0.2) is 26.1 Å². The van der Waals surface area contributed by atoms with Gasteiger partial charge in [-0.2, -0.15) is 5.10 Å². The normalized spacial score (nSPS) is 12.2. The van der Waals surface area contributed by atoms with Gasteiger partial charge in [0.15, 0.2) is 0 Å². The van der Waals surface area contributed by atoms with E-state index in [2.05, 4.69) is 32.4 Å². The van der Waals surface area contributed by atoms with E-state index in [9.17, 15) is 4.79 Å². The zero-order valence-electron chi connectivity index (χ0n) is 12.9. The first kappa shape index (κ1) is 15.2. The van der Waals surface area contributed by atoms with Crippen LogP contribution >= 0.6 is 0 Å². The zero-order chi connectivity index (χ0) is 15.4. The van der Waals surface area contributed by atoms with Crippen molar-refractivity contribution in [3.8, 4) is 0 Å². The summed E-state index contributed by atoms with van der Waals surface area (Å²) in [7, 11) is 0. The molecule has 6 heteroatoms. The van der Waals surface area contributed by atoms with Gasteiger partial charge in [-0.05, 0) is 27.2 Å².